The molecule has 1 N–H and O–H groups in total. The zero-order valence-corrected chi connectivity index (χ0v) is 21.5. The van der Waals surface area contributed by atoms with E-state index in [1.807, 2.05) is 30.3 Å². The molecule has 5 nitrogen and oxygen atoms in total. The second kappa shape index (κ2) is 13.2. The molecule has 3 aromatic carbocycles. The molecule has 0 spiro atoms. The van der Waals surface area contributed by atoms with Gasteiger partial charge in [0, 0.05) is 24.0 Å². The van der Waals surface area contributed by atoms with Gasteiger partial charge in [0.15, 0.2) is 6.61 Å². The molecule has 4 rings (SSSR count). The Morgan fingerprint density at radius 3 is 2.27 bits per heavy atom. The lowest BCUT2D eigenvalue weighted by Crippen LogP contribution is -2.53. The first-order valence-electron chi connectivity index (χ1n) is 12.7. The average Bonchev–Trinajstić information content (AvgIpc) is 2.92. The number of halogens is 2. The van der Waals surface area contributed by atoms with Crippen LogP contribution in [0.15, 0.2) is 78.9 Å². The van der Waals surface area contributed by atoms with Crippen molar-refractivity contribution in [2.45, 2.75) is 57.2 Å². The van der Waals surface area contributed by atoms with E-state index in [1.165, 1.54) is 18.6 Å². The number of nitrogens with one attached hydrogen (secondary N) is 1. The maximum absolute atomic E-state index is 13.7. The molecule has 1 saturated carbocycles. The number of hydrogen-bond donors (Lipinski definition) is 1. The van der Waals surface area contributed by atoms with E-state index in [1.54, 1.807) is 41.3 Å². The van der Waals surface area contributed by atoms with E-state index < -0.39 is 6.04 Å². The third-order valence-electron chi connectivity index (χ3n) is 6.66. The lowest BCUT2D eigenvalue weighted by Gasteiger charge is -2.33. The van der Waals surface area contributed by atoms with Crippen LogP contribution in [0.3, 0.4) is 0 Å². The highest BCUT2D eigenvalue weighted by molar-refractivity contribution is 6.30. The predicted octanol–water partition coefficient (Wildman–Crippen LogP) is 5.95. The minimum Gasteiger partial charge on any atom is -0.484 e. The predicted molar refractivity (Wildman–Crippen MR) is 143 cm³/mol. The third-order valence-corrected chi connectivity index (χ3v) is 6.92. The molecular weight excluding hydrogens is 491 g/mol. The van der Waals surface area contributed by atoms with Gasteiger partial charge in [-0.1, -0.05) is 73.3 Å². The van der Waals surface area contributed by atoms with Gasteiger partial charge >= 0.3 is 0 Å². The number of amides is 2. The van der Waals surface area contributed by atoms with Crippen LogP contribution in [-0.2, 0) is 22.6 Å². The smallest absolute Gasteiger partial charge is 0.261 e. The Morgan fingerprint density at radius 2 is 1.59 bits per heavy atom. The number of nitrogens with zero attached hydrogens (tertiary/aromatic N) is 1. The van der Waals surface area contributed by atoms with E-state index in [2.05, 4.69) is 5.32 Å². The van der Waals surface area contributed by atoms with Crippen LogP contribution in [-0.4, -0.2) is 35.4 Å². The zero-order chi connectivity index (χ0) is 26.0. The lowest BCUT2D eigenvalue weighted by atomic mass is 9.94. The third kappa shape index (κ3) is 8.05. The molecule has 0 saturated heterocycles. The van der Waals surface area contributed by atoms with E-state index in [0.717, 1.165) is 36.8 Å². The fraction of sp³-hybridized carbons (Fsp3) is 0.333. The van der Waals surface area contributed by atoms with Gasteiger partial charge in [-0.15, -0.1) is 0 Å². The van der Waals surface area contributed by atoms with Gasteiger partial charge in [-0.3, -0.25) is 9.59 Å². The van der Waals surface area contributed by atoms with Crippen LogP contribution in [0, 0.1) is 5.82 Å². The first kappa shape index (κ1) is 26.7. The van der Waals surface area contributed by atoms with Crippen LogP contribution in [0.1, 0.15) is 43.2 Å². The van der Waals surface area contributed by atoms with Crippen molar-refractivity contribution in [1.29, 1.82) is 0 Å². The quantitative estimate of drug-likeness (QED) is 0.358. The normalized spacial score (nSPS) is 14.5. The molecule has 194 valence electrons. The van der Waals surface area contributed by atoms with Crippen LogP contribution in [0.25, 0.3) is 0 Å². The Morgan fingerprint density at radius 1 is 0.919 bits per heavy atom. The second-order valence-electron chi connectivity index (χ2n) is 9.44. The summed E-state index contributed by atoms with van der Waals surface area (Å²) in [5.41, 5.74) is 1.67. The van der Waals surface area contributed by atoms with Crippen LogP contribution in [0.2, 0.25) is 5.02 Å². The molecule has 0 aliphatic heterocycles. The summed E-state index contributed by atoms with van der Waals surface area (Å²) in [5.74, 6) is -0.369. The molecule has 2 amide bonds. The molecule has 0 heterocycles. The van der Waals surface area contributed by atoms with Crippen molar-refractivity contribution in [3.8, 4) is 5.75 Å². The molecule has 1 atom stereocenters. The lowest BCUT2D eigenvalue weighted by molar-refractivity contribution is -0.143. The summed E-state index contributed by atoms with van der Waals surface area (Å²) in [4.78, 5) is 28.9. The highest BCUT2D eigenvalue weighted by Gasteiger charge is 2.32. The Kier molecular flexibility index (Phi) is 9.55. The monoisotopic (exact) mass is 522 g/mol. The summed E-state index contributed by atoms with van der Waals surface area (Å²) in [6.07, 6.45) is 5.58. The Hall–Kier alpha value is -3.38. The maximum Gasteiger partial charge on any atom is 0.261 e. The summed E-state index contributed by atoms with van der Waals surface area (Å²) >= 11 is 5.96. The molecule has 0 radical (unpaired) electrons. The van der Waals surface area contributed by atoms with Crippen molar-refractivity contribution >= 4 is 23.4 Å². The molecule has 0 unspecified atom stereocenters. The van der Waals surface area contributed by atoms with Gasteiger partial charge in [-0.05, 0) is 60.4 Å². The van der Waals surface area contributed by atoms with Crippen LogP contribution in [0.4, 0.5) is 4.39 Å². The van der Waals surface area contributed by atoms with Crippen molar-refractivity contribution in [2.24, 2.45) is 0 Å². The molecule has 3 aromatic rings. The van der Waals surface area contributed by atoms with Gasteiger partial charge < -0.3 is 15.0 Å². The molecule has 7 heteroatoms. The SMILES string of the molecule is O=C(NC1CCCCC1)[C@H](Cc1ccccc1)N(Cc1ccc(F)cc1)C(=O)COc1ccc(Cl)cc1. The number of carbonyl (C=O) groups is 2. The van der Waals surface area contributed by atoms with Crippen molar-refractivity contribution < 1.29 is 18.7 Å². The fourth-order valence-corrected chi connectivity index (χ4v) is 4.77. The minimum atomic E-state index is -0.754. The minimum absolute atomic E-state index is 0.104. The van der Waals surface area contributed by atoms with Crippen molar-refractivity contribution in [3.63, 3.8) is 0 Å². The number of benzene rings is 3. The van der Waals surface area contributed by atoms with Crippen LogP contribution >= 0.6 is 11.6 Å². The number of ether oxygens (including phenoxy) is 1. The van der Waals surface area contributed by atoms with Gasteiger partial charge in [-0.25, -0.2) is 4.39 Å². The summed E-state index contributed by atoms with van der Waals surface area (Å²) in [6, 6.07) is 21.7. The zero-order valence-electron chi connectivity index (χ0n) is 20.7. The van der Waals surface area contributed by atoms with Crippen molar-refractivity contribution in [2.75, 3.05) is 6.61 Å². The van der Waals surface area contributed by atoms with E-state index >= 15 is 0 Å². The Bertz CT molecular complexity index is 1150. The molecule has 1 aliphatic rings. The molecule has 1 aliphatic carbocycles. The number of hydrogen-bond acceptors (Lipinski definition) is 3. The van der Waals surface area contributed by atoms with Gasteiger partial charge in [0.25, 0.3) is 5.91 Å². The largest absolute Gasteiger partial charge is 0.484 e. The Balaban J connectivity index is 1.59. The molecule has 0 bridgehead atoms. The molecule has 1 fully saturated rings. The van der Waals surface area contributed by atoms with E-state index in [9.17, 15) is 14.0 Å². The van der Waals surface area contributed by atoms with Crippen molar-refractivity contribution in [1.82, 2.24) is 10.2 Å². The molecular formula is C30H32ClFN2O3. The average molecular weight is 523 g/mol. The highest BCUT2D eigenvalue weighted by atomic mass is 35.5. The summed E-state index contributed by atoms with van der Waals surface area (Å²) < 4.78 is 19.3. The van der Waals surface area contributed by atoms with Crippen LogP contribution in [0.5, 0.6) is 5.75 Å². The highest BCUT2D eigenvalue weighted by Crippen LogP contribution is 2.21. The second-order valence-corrected chi connectivity index (χ2v) is 9.88. The maximum atomic E-state index is 13.7. The summed E-state index contributed by atoms with van der Waals surface area (Å²) in [7, 11) is 0. The molecule has 37 heavy (non-hydrogen) atoms. The molecule has 0 aromatic heterocycles. The standard InChI is InChI=1S/C30H32ClFN2O3/c31-24-13-17-27(18-14-24)37-21-29(35)34(20-23-11-15-25(32)16-12-23)28(19-22-7-3-1-4-8-22)30(36)33-26-9-5-2-6-10-26/h1,3-4,7-8,11-18,26,28H,2,5-6,9-10,19-21H2,(H,33,36)/t28-/m0/s1. The van der Waals surface area contributed by atoms with Gasteiger partial charge in [0.05, 0.1) is 0 Å². The summed E-state index contributed by atoms with van der Waals surface area (Å²) in [5, 5.41) is 3.77. The first-order valence-corrected chi connectivity index (χ1v) is 13.1. The van der Waals surface area contributed by atoms with E-state index in [-0.39, 0.29) is 36.8 Å². The van der Waals surface area contributed by atoms with E-state index in [4.69, 9.17) is 16.3 Å². The van der Waals surface area contributed by atoms with Gasteiger partial charge in [0.1, 0.15) is 17.6 Å². The van der Waals surface area contributed by atoms with Crippen LogP contribution < -0.4 is 10.1 Å². The first-order chi connectivity index (χ1) is 18.0. The van der Waals surface area contributed by atoms with Gasteiger partial charge in [0.2, 0.25) is 5.91 Å². The van der Waals surface area contributed by atoms with Gasteiger partial charge in [-0.2, -0.15) is 0 Å². The van der Waals surface area contributed by atoms with E-state index in [0.29, 0.717) is 17.2 Å². The topological polar surface area (TPSA) is 58.6 Å². The Labute approximate surface area is 222 Å². The fourth-order valence-electron chi connectivity index (χ4n) is 4.64. The summed E-state index contributed by atoms with van der Waals surface area (Å²) in [6.45, 7) is -0.0937. The van der Waals surface area contributed by atoms with Crippen molar-refractivity contribution in [3.05, 3.63) is 101 Å². The number of carbonyl (C=O) groups excluding carboxylic acids is 2. The number of rotatable bonds is 10.